The fraction of sp³-hybridized carbons (Fsp3) is 0.870. The molecule has 0 amide bonds. The lowest BCUT2D eigenvalue weighted by molar-refractivity contribution is -0.144. The third-order valence-electron chi connectivity index (χ3n) is 3.82. The highest BCUT2D eigenvalue weighted by molar-refractivity contribution is 5.69. The van der Waals surface area contributed by atoms with E-state index in [9.17, 15) is 4.79 Å². The van der Waals surface area contributed by atoms with Crippen molar-refractivity contribution in [3.05, 3.63) is 12.8 Å². The fourth-order valence-electron chi connectivity index (χ4n) is 2.22. The summed E-state index contributed by atoms with van der Waals surface area (Å²) in [5, 5.41) is 0. The second-order valence-electron chi connectivity index (χ2n) is 6.49. The lowest BCUT2D eigenvalue weighted by atomic mass is 10.5. The maximum absolute atomic E-state index is 11.1. The van der Waals surface area contributed by atoms with Gasteiger partial charge in [0.05, 0.1) is 125 Å². The van der Waals surface area contributed by atoms with Crippen LogP contribution in [0, 0.1) is 0 Å². The van der Waals surface area contributed by atoms with E-state index in [-0.39, 0.29) is 12.4 Å². The van der Waals surface area contributed by atoms with Gasteiger partial charge in [-0.25, -0.2) is 0 Å². The summed E-state index contributed by atoms with van der Waals surface area (Å²) in [6.45, 7) is 13.9. The lowest BCUT2D eigenvalue weighted by Crippen LogP contribution is -2.15. The predicted octanol–water partition coefficient (Wildman–Crippen LogP) is 1.23. The molecule has 202 valence electrons. The van der Waals surface area contributed by atoms with Crippen molar-refractivity contribution in [1.29, 1.82) is 0 Å². The van der Waals surface area contributed by atoms with Crippen LogP contribution in [0.2, 0.25) is 0 Å². The van der Waals surface area contributed by atoms with E-state index in [1.165, 1.54) is 6.26 Å². The molecule has 0 aromatic carbocycles. The van der Waals surface area contributed by atoms with Crippen molar-refractivity contribution in [2.45, 2.75) is 13.3 Å². The van der Waals surface area contributed by atoms with Crippen molar-refractivity contribution in [1.82, 2.24) is 0 Å². The maximum Gasteiger partial charge on any atom is 0.308 e. The Bertz CT molecular complexity index is 424. The SMILES string of the molecule is C=COCCOCCOCCOCCOCCOCCOCCOCCOCCC(=O)OCC. The van der Waals surface area contributed by atoms with Crippen LogP contribution in [0.3, 0.4) is 0 Å². The van der Waals surface area contributed by atoms with E-state index in [4.69, 9.17) is 47.4 Å². The minimum absolute atomic E-state index is 0.248. The largest absolute Gasteiger partial charge is 0.499 e. The minimum Gasteiger partial charge on any atom is -0.499 e. The Morgan fingerprint density at radius 2 is 0.824 bits per heavy atom. The molecule has 0 saturated heterocycles. The van der Waals surface area contributed by atoms with Gasteiger partial charge in [0.2, 0.25) is 0 Å². The van der Waals surface area contributed by atoms with E-state index in [2.05, 4.69) is 6.58 Å². The highest BCUT2D eigenvalue weighted by Crippen LogP contribution is 1.89. The van der Waals surface area contributed by atoms with Crippen LogP contribution in [-0.2, 0) is 52.2 Å². The molecule has 0 heterocycles. The van der Waals surface area contributed by atoms with Crippen molar-refractivity contribution in [2.24, 2.45) is 0 Å². The Labute approximate surface area is 203 Å². The third-order valence-corrected chi connectivity index (χ3v) is 3.82. The molecule has 11 heteroatoms. The predicted molar refractivity (Wildman–Crippen MR) is 124 cm³/mol. The first-order valence-corrected chi connectivity index (χ1v) is 11.8. The van der Waals surface area contributed by atoms with Crippen molar-refractivity contribution in [3.63, 3.8) is 0 Å². The van der Waals surface area contributed by atoms with Gasteiger partial charge in [0, 0.05) is 0 Å². The van der Waals surface area contributed by atoms with Gasteiger partial charge in [-0.05, 0) is 6.92 Å². The molecule has 0 radical (unpaired) electrons. The maximum atomic E-state index is 11.1. The normalized spacial score (nSPS) is 11.0. The smallest absolute Gasteiger partial charge is 0.308 e. The molecule has 0 fully saturated rings. The summed E-state index contributed by atoms with van der Waals surface area (Å²) < 4.78 is 52.7. The molecule has 0 saturated carbocycles. The van der Waals surface area contributed by atoms with E-state index < -0.39 is 0 Å². The molecule has 0 aromatic heterocycles. The number of hydrogen-bond acceptors (Lipinski definition) is 11. The molecule has 0 aliphatic heterocycles. The minimum atomic E-state index is -0.248. The van der Waals surface area contributed by atoms with Crippen LogP contribution in [0.5, 0.6) is 0 Å². The average Bonchev–Trinajstić information content (AvgIpc) is 2.83. The van der Waals surface area contributed by atoms with Gasteiger partial charge < -0.3 is 47.4 Å². The molecule has 0 atom stereocenters. The summed E-state index contributed by atoms with van der Waals surface area (Å²) in [6.07, 6.45) is 1.65. The standard InChI is InChI=1S/C23H44O11/c1-3-25-7-8-27-11-12-29-15-16-31-19-20-33-22-21-32-18-17-30-14-13-28-10-9-26-6-5-23(24)34-4-2/h3H,1,4-22H2,2H3. The molecular formula is C23H44O11. The molecular weight excluding hydrogens is 452 g/mol. The van der Waals surface area contributed by atoms with Gasteiger partial charge >= 0.3 is 5.97 Å². The Morgan fingerprint density at radius 1 is 0.529 bits per heavy atom. The van der Waals surface area contributed by atoms with Crippen LogP contribution in [-0.4, -0.2) is 125 Å². The van der Waals surface area contributed by atoms with Crippen molar-refractivity contribution >= 4 is 5.97 Å². The van der Waals surface area contributed by atoms with Crippen molar-refractivity contribution in [3.8, 4) is 0 Å². The van der Waals surface area contributed by atoms with E-state index in [1.807, 2.05) is 0 Å². The molecule has 0 unspecified atom stereocenters. The Morgan fingerprint density at radius 3 is 1.12 bits per heavy atom. The molecule has 0 aromatic rings. The first-order valence-electron chi connectivity index (χ1n) is 11.8. The van der Waals surface area contributed by atoms with Gasteiger partial charge in [-0.2, -0.15) is 0 Å². The summed E-state index contributed by atoms with van der Waals surface area (Å²) >= 11 is 0. The zero-order valence-corrected chi connectivity index (χ0v) is 20.7. The first kappa shape index (κ1) is 32.7. The van der Waals surface area contributed by atoms with Crippen LogP contribution < -0.4 is 0 Å². The van der Waals surface area contributed by atoms with Crippen LogP contribution in [0.4, 0.5) is 0 Å². The second kappa shape index (κ2) is 29.7. The monoisotopic (exact) mass is 496 g/mol. The van der Waals surface area contributed by atoms with Gasteiger partial charge in [-0.15, -0.1) is 0 Å². The van der Waals surface area contributed by atoms with Gasteiger partial charge in [0.25, 0.3) is 0 Å². The topological polar surface area (TPSA) is 109 Å². The third kappa shape index (κ3) is 28.7. The molecule has 0 spiro atoms. The summed E-state index contributed by atoms with van der Waals surface area (Å²) in [4.78, 5) is 11.1. The van der Waals surface area contributed by atoms with Crippen molar-refractivity contribution < 1.29 is 52.2 Å². The number of carbonyl (C=O) groups excluding carboxylic acids is 1. The van der Waals surface area contributed by atoms with Gasteiger partial charge in [-0.1, -0.05) is 6.58 Å². The molecule has 0 N–H and O–H groups in total. The van der Waals surface area contributed by atoms with Crippen LogP contribution >= 0.6 is 0 Å². The summed E-state index contributed by atoms with van der Waals surface area (Å²) in [6, 6.07) is 0. The summed E-state index contributed by atoms with van der Waals surface area (Å²) in [5.74, 6) is -0.248. The zero-order chi connectivity index (χ0) is 24.8. The van der Waals surface area contributed by atoms with Gasteiger partial charge in [-0.3, -0.25) is 4.79 Å². The quantitative estimate of drug-likeness (QED) is 0.0847. The number of esters is 1. The van der Waals surface area contributed by atoms with Gasteiger partial charge in [0.15, 0.2) is 0 Å². The van der Waals surface area contributed by atoms with Crippen LogP contribution in [0.15, 0.2) is 12.8 Å². The average molecular weight is 497 g/mol. The van der Waals surface area contributed by atoms with E-state index >= 15 is 0 Å². The number of ether oxygens (including phenoxy) is 10. The number of carbonyl (C=O) groups is 1. The van der Waals surface area contributed by atoms with E-state index in [0.29, 0.717) is 119 Å². The Hall–Kier alpha value is -1.31. The molecule has 0 rings (SSSR count). The highest BCUT2D eigenvalue weighted by Gasteiger charge is 2.00. The fourth-order valence-corrected chi connectivity index (χ4v) is 2.22. The summed E-state index contributed by atoms with van der Waals surface area (Å²) in [5.41, 5.74) is 0. The lowest BCUT2D eigenvalue weighted by Gasteiger charge is -2.08. The second-order valence-corrected chi connectivity index (χ2v) is 6.49. The zero-order valence-electron chi connectivity index (χ0n) is 20.7. The summed E-state index contributed by atoms with van der Waals surface area (Å²) in [7, 11) is 0. The van der Waals surface area contributed by atoms with Gasteiger partial charge in [0.1, 0.15) is 6.61 Å². The molecule has 0 aliphatic carbocycles. The van der Waals surface area contributed by atoms with Crippen LogP contribution in [0.25, 0.3) is 0 Å². The number of rotatable bonds is 29. The van der Waals surface area contributed by atoms with Crippen molar-refractivity contribution in [2.75, 3.05) is 119 Å². The molecule has 0 bridgehead atoms. The van der Waals surface area contributed by atoms with E-state index in [1.54, 1.807) is 6.92 Å². The molecule has 0 aliphatic rings. The molecule has 11 nitrogen and oxygen atoms in total. The Balaban J connectivity index is 3.04. The van der Waals surface area contributed by atoms with Crippen LogP contribution in [0.1, 0.15) is 13.3 Å². The Kier molecular flexibility index (Phi) is 28.6. The first-order chi connectivity index (χ1) is 16.8. The highest BCUT2D eigenvalue weighted by atomic mass is 16.6. The number of hydrogen-bond donors (Lipinski definition) is 0. The van der Waals surface area contributed by atoms with E-state index in [0.717, 1.165) is 0 Å². The molecule has 34 heavy (non-hydrogen) atoms.